The molecule has 6 heteroatoms. The molecule has 0 aliphatic carbocycles. The normalized spacial score (nSPS) is 11.1. The lowest BCUT2D eigenvalue weighted by molar-refractivity contribution is 0.412. The van der Waals surface area contributed by atoms with Crippen LogP contribution < -0.4 is 10.1 Å². The van der Waals surface area contributed by atoms with E-state index in [2.05, 4.69) is 45.3 Å². The molecule has 108 valence electrons. The number of aromatic nitrogens is 2. The molecule has 0 radical (unpaired) electrons. The molecule has 1 aromatic carbocycles. The van der Waals surface area contributed by atoms with Crippen molar-refractivity contribution in [2.75, 3.05) is 13.7 Å². The second-order valence-corrected chi connectivity index (χ2v) is 6.79. The summed E-state index contributed by atoms with van der Waals surface area (Å²) in [5.41, 5.74) is 1.05. The van der Waals surface area contributed by atoms with Crippen molar-refractivity contribution in [3.63, 3.8) is 0 Å². The van der Waals surface area contributed by atoms with Gasteiger partial charge in [0.25, 0.3) is 0 Å². The first kappa shape index (κ1) is 15.4. The molecule has 0 bridgehead atoms. The van der Waals surface area contributed by atoms with Gasteiger partial charge in [-0.05, 0) is 46.6 Å². The summed E-state index contributed by atoms with van der Waals surface area (Å²) in [6.45, 7) is 6.14. The number of rotatable bonds is 6. The van der Waals surface area contributed by atoms with Gasteiger partial charge < -0.3 is 10.1 Å². The molecule has 0 saturated heterocycles. The van der Waals surface area contributed by atoms with E-state index in [-0.39, 0.29) is 0 Å². The zero-order chi connectivity index (χ0) is 14.5. The Morgan fingerprint density at radius 1 is 1.35 bits per heavy atom. The lowest BCUT2D eigenvalue weighted by Crippen LogP contribution is -2.18. The molecule has 4 nitrogen and oxygen atoms in total. The Morgan fingerprint density at radius 2 is 2.15 bits per heavy atom. The van der Waals surface area contributed by atoms with Crippen molar-refractivity contribution in [2.24, 2.45) is 5.92 Å². The number of halogens is 1. The third-order valence-electron chi connectivity index (χ3n) is 2.69. The fraction of sp³-hybridized carbons (Fsp3) is 0.429. The minimum atomic E-state index is 0.639. The molecule has 1 heterocycles. The molecule has 20 heavy (non-hydrogen) atoms. The third-order valence-corrected chi connectivity index (χ3v) is 4.29. The van der Waals surface area contributed by atoms with Crippen LogP contribution in [-0.4, -0.2) is 23.9 Å². The molecule has 0 saturated carbocycles. The van der Waals surface area contributed by atoms with Crippen molar-refractivity contribution in [1.82, 2.24) is 15.5 Å². The molecule has 0 fully saturated rings. The van der Waals surface area contributed by atoms with Gasteiger partial charge in [0.15, 0.2) is 0 Å². The van der Waals surface area contributed by atoms with Crippen molar-refractivity contribution < 1.29 is 4.74 Å². The van der Waals surface area contributed by atoms with Gasteiger partial charge in [-0.15, -0.1) is 10.2 Å². The molecule has 0 aliphatic rings. The molecular weight excluding hydrogens is 338 g/mol. The van der Waals surface area contributed by atoms with Crippen molar-refractivity contribution in [3.05, 3.63) is 27.7 Å². The smallest absolute Gasteiger partial charge is 0.147 e. The Morgan fingerprint density at radius 3 is 2.80 bits per heavy atom. The van der Waals surface area contributed by atoms with E-state index in [1.807, 2.05) is 18.2 Å². The summed E-state index contributed by atoms with van der Waals surface area (Å²) in [6, 6.07) is 5.93. The Hall–Kier alpha value is -0.980. The maximum atomic E-state index is 5.23. The summed E-state index contributed by atoms with van der Waals surface area (Å²) in [4.78, 5) is 0. The SMILES string of the molecule is COc1ccc(-c2nnc(CNCC(C)C)s2)cc1Br. The predicted molar refractivity (Wildman–Crippen MR) is 86.1 cm³/mol. The Labute approximate surface area is 131 Å². The molecule has 0 atom stereocenters. The quantitative estimate of drug-likeness (QED) is 0.857. The molecule has 2 aromatic rings. The maximum absolute atomic E-state index is 5.23. The van der Waals surface area contributed by atoms with Gasteiger partial charge in [0, 0.05) is 12.1 Å². The number of ether oxygens (including phenoxy) is 1. The number of hydrogen-bond acceptors (Lipinski definition) is 5. The summed E-state index contributed by atoms with van der Waals surface area (Å²) in [5.74, 6) is 1.46. The van der Waals surface area contributed by atoms with Gasteiger partial charge >= 0.3 is 0 Å². The van der Waals surface area contributed by atoms with Crippen LogP contribution >= 0.6 is 27.3 Å². The van der Waals surface area contributed by atoms with Crippen LogP contribution in [0.1, 0.15) is 18.9 Å². The first-order valence-electron chi connectivity index (χ1n) is 6.47. The largest absolute Gasteiger partial charge is 0.496 e. The number of nitrogens with zero attached hydrogens (tertiary/aromatic N) is 2. The molecule has 0 unspecified atom stereocenters. The highest BCUT2D eigenvalue weighted by Crippen LogP contribution is 2.31. The Kier molecular flexibility index (Phi) is 5.51. The van der Waals surface area contributed by atoms with Gasteiger partial charge in [0.2, 0.25) is 0 Å². The summed E-state index contributed by atoms with van der Waals surface area (Å²) < 4.78 is 6.15. The van der Waals surface area contributed by atoms with E-state index in [1.54, 1.807) is 18.4 Å². The van der Waals surface area contributed by atoms with Gasteiger partial charge in [-0.2, -0.15) is 0 Å². The second-order valence-electron chi connectivity index (χ2n) is 4.88. The summed E-state index contributed by atoms with van der Waals surface area (Å²) in [7, 11) is 1.66. The maximum Gasteiger partial charge on any atom is 0.147 e. The van der Waals surface area contributed by atoms with Crippen LogP contribution in [-0.2, 0) is 6.54 Å². The van der Waals surface area contributed by atoms with E-state index in [0.717, 1.165) is 38.9 Å². The molecule has 0 aliphatic heterocycles. The minimum absolute atomic E-state index is 0.639. The molecule has 0 amide bonds. The van der Waals surface area contributed by atoms with Crippen LogP contribution in [0.2, 0.25) is 0 Å². The van der Waals surface area contributed by atoms with Crippen LogP contribution in [0.25, 0.3) is 10.6 Å². The van der Waals surface area contributed by atoms with Crippen LogP contribution in [0.3, 0.4) is 0 Å². The first-order chi connectivity index (χ1) is 9.60. The lowest BCUT2D eigenvalue weighted by Gasteiger charge is -2.04. The van der Waals surface area contributed by atoms with Crippen molar-refractivity contribution in [2.45, 2.75) is 20.4 Å². The van der Waals surface area contributed by atoms with Crippen LogP contribution in [0.15, 0.2) is 22.7 Å². The van der Waals surface area contributed by atoms with Gasteiger partial charge in [0.05, 0.1) is 11.6 Å². The van der Waals surface area contributed by atoms with Gasteiger partial charge in [0.1, 0.15) is 15.8 Å². The van der Waals surface area contributed by atoms with E-state index < -0.39 is 0 Å². The molecule has 1 aromatic heterocycles. The Bertz CT molecular complexity index is 571. The number of benzene rings is 1. The van der Waals surface area contributed by atoms with Gasteiger partial charge in [-0.1, -0.05) is 25.2 Å². The second kappa shape index (κ2) is 7.15. The Balaban J connectivity index is 2.06. The zero-order valence-corrected chi connectivity index (χ0v) is 14.2. The zero-order valence-electron chi connectivity index (χ0n) is 11.8. The van der Waals surface area contributed by atoms with Crippen molar-refractivity contribution in [1.29, 1.82) is 0 Å². The molecular formula is C14H18BrN3OS. The molecule has 1 N–H and O–H groups in total. The summed E-state index contributed by atoms with van der Waals surface area (Å²) in [5, 5.41) is 13.8. The predicted octanol–water partition coefficient (Wildman–Crippen LogP) is 3.72. The number of methoxy groups -OCH3 is 1. The number of hydrogen-bond donors (Lipinski definition) is 1. The average molecular weight is 356 g/mol. The van der Waals surface area contributed by atoms with Crippen LogP contribution in [0.4, 0.5) is 0 Å². The van der Waals surface area contributed by atoms with E-state index in [4.69, 9.17) is 4.74 Å². The van der Waals surface area contributed by atoms with Gasteiger partial charge in [-0.25, -0.2) is 0 Å². The average Bonchev–Trinajstić information content (AvgIpc) is 2.87. The van der Waals surface area contributed by atoms with Crippen molar-refractivity contribution >= 4 is 27.3 Å². The summed E-state index contributed by atoms with van der Waals surface area (Å²) in [6.07, 6.45) is 0. The van der Waals surface area contributed by atoms with Crippen LogP contribution in [0, 0.1) is 5.92 Å². The number of nitrogens with one attached hydrogen (secondary N) is 1. The molecule has 2 rings (SSSR count). The van der Waals surface area contributed by atoms with Gasteiger partial charge in [-0.3, -0.25) is 0 Å². The fourth-order valence-electron chi connectivity index (χ4n) is 1.71. The highest BCUT2D eigenvalue weighted by Gasteiger charge is 2.09. The topological polar surface area (TPSA) is 47.0 Å². The lowest BCUT2D eigenvalue weighted by atomic mass is 10.2. The highest BCUT2D eigenvalue weighted by molar-refractivity contribution is 9.10. The monoisotopic (exact) mass is 355 g/mol. The molecule has 0 spiro atoms. The third kappa shape index (κ3) is 4.01. The van der Waals surface area contributed by atoms with Crippen LogP contribution in [0.5, 0.6) is 5.75 Å². The first-order valence-corrected chi connectivity index (χ1v) is 8.08. The fourth-order valence-corrected chi connectivity index (χ4v) is 3.06. The minimum Gasteiger partial charge on any atom is -0.496 e. The van der Waals surface area contributed by atoms with E-state index >= 15 is 0 Å². The van der Waals surface area contributed by atoms with Crippen molar-refractivity contribution in [3.8, 4) is 16.3 Å². The summed E-state index contributed by atoms with van der Waals surface area (Å²) >= 11 is 5.10. The van der Waals surface area contributed by atoms with E-state index in [0.29, 0.717) is 5.92 Å². The standard InChI is InChI=1S/C14H18BrN3OS/c1-9(2)7-16-8-13-17-18-14(20-13)10-4-5-12(19-3)11(15)6-10/h4-6,9,16H,7-8H2,1-3H3. The van der Waals surface area contributed by atoms with E-state index in [9.17, 15) is 0 Å². The highest BCUT2D eigenvalue weighted by atomic mass is 79.9. The van der Waals surface area contributed by atoms with E-state index in [1.165, 1.54) is 0 Å².